The van der Waals surface area contributed by atoms with E-state index in [1.165, 1.54) is 55.2 Å². The summed E-state index contributed by atoms with van der Waals surface area (Å²) in [6, 6.07) is 18.3. The first kappa shape index (κ1) is 31.3. The van der Waals surface area contributed by atoms with Crippen molar-refractivity contribution in [2.75, 3.05) is 20.1 Å². The van der Waals surface area contributed by atoms with Gasteiger partial charge in [0.05, 0.1) is 24.0 Å². The molecular formula is C34H43FN4S. The molecule has 0 N–H and O–H groups in total. The topological polar surface area (TPSA) is 33.4 Å². The molecular weight excluding hydrogens is 515 g/mol. The van der Waals surface area contributed by atoms with E-state index < -0.39 is 0 Å². The normalized spacial score (nSPS) is 14.2. The number of likely N-dealkylation sites (tertiary alicyclic amines) is 1. The summed E-state index contributed by atoms with van der Waals surface area (Å²) in [5.41, 5.74) is 8.32. The fraction of sp³-hybridized carbons (Fsp3) is 0.353. The van der Waals surface area contributed by atoms with Gasteiger partial charge in [-0.1, -0.05) is 80.6 Å². The molecule has 1 aliphatic rings. The highest BCUT2D eigenvalue weighted by molar-refractivity contribution is 7.94. The molecule has 40 heavy (non-hydrogen) atoms. The van der Waals surface area contributed by atoms with Gasteiger partial charge in [0.1, 0.15) is 4.90 Å². The van der Waals surface area contributed by atoms with Gasteiger partial charge in [-0.05, 0) is 94.9 Å². The van der Waals surface area contributed by atoms with E-state index in [1.807, 2.05) is 57.2 Å². The largest absolute Gasteiger partial charge is 0.306 e. The number of hydrogen-bond acceptors (Lipinski definition) is 4. The minimum atomic E-state index is 0.176. The zero-order valence-corrected chi connectivity index (χ0v) is 25.6. The van der Waals surface area contributed by atoms with E-state index in [2.05, 4.69) is 72.8 Å². The van der Waals surface area contributed by atoms with Crippen LogP contribution in [0.2, 0.25) is 0 Å². The maximum Gasteiger partial charge on any atom is 0.172 e. The Balaban J connectivity index is 0.000000180. The van der Waals surface area contributed by atoms with Crippen LogP contribution in [0.15, 0.2) is 84.4 Å². The van der Waals surface area contributed by atoms with E-state index in [1.54, 1.807) is 4.52 Å². The molecule has 0 unspecified atom stereocenters. The second kappa shape index (κ2) is 15.5. The molecule has 0 bridgehead atoms. The number of rotatable bonds is 5. The Bertz CT molecular complexity index is 1420. The minimum absolute atomic E-state index is 0.176. The van der Waals surface area contributed by atoms with Crippen LogP contribution in [0.25, 0.3) is 22.5 Å². The van der Waals surface area contributed by atoms with Gasteiger partial charge < -0.3 is 4.90 Å². The lowest BCUT2D eigenvalue weighted by molar-refractivity contribution is 0.216. The number of aryl methyl sites for hydroxylation is 3. The Morgan fingerprint density at radius 3 is 2.27 bits per heavy atom. The quantitative estimate of drug-likeness (QED) is 0.229. The molecule has 0 aliphatic carbocycles. The average molecular weight is 559 g/mol. The minimum Gasteiger partial charge on any atom is -0.306 e. The molecule has 6 heteroatoms. The maximum absolute atomic E-state index is 12.9. The van der Waals surface area contributed by atoms with Crippen molar-refractivity contribution in [3.8, 4) is 11.3 Å². The van der Waals surface area contributed by atoms with Crippen molar-refractivity contribution in [1.29, 1.82) is 0 Å². The molecule has 0 radical (unpaired) electrons. The zero-order chi connectivity index (χ0) is 29.1. The highest BCUT2D eigenvalue weighted by atomic mass is 32.2. The second-order valence-corrected chi connectivity index (χ2v) is 10.9. The summed E-state index contributed by atoms with van der Waals surface area (Å²) in [6.45, 7) is 16.8. The van der Waals surface area contributed by atoms with Crippen molar-refractivity contribution < 1.29 is 3.89 Å². The van der Waals surface area contributed by atoms with Crippen LogP contribution < -0.4 is 0 Å². The van der Waals surface area contributed by atoms with E-state index in [-0.39, 0.29) is 12.1 Å². The van der Waals surface area contributed by atoms with Gasteiger partial charge in [0.25, 0.3) is 0 Å². The van der Waals surface area contributed by atoms with Gasteiger partial charge >= 0.3 is 0 Å². The fourth-order valence-corrected chi connectivity index (χ4v) is 5.18. The van der Waals surface area contributed by atoms with Gasteiger partial charge in [-0.3, -0.25) is 0 Å². The Hall–Kier alpha value is -3.22. The summed E-state index contributed by atoms with van der Waals surface area (Å²) in [4.78, 5) is 7.40. The Morgan fingerprint density at radius 1 is 1.05 bits per heavy atom. The van der Waals surface area contributed by atoms with Gasteiger partial charge in [-0.2, -0.15) is 8.98 Å². The van der Waals surface area contributed by atoms with E-state index in [0.29, 0.717) is 10.5 Å². The van der Waals surface area contributed by atoms with E-state index in [0.717, 1.165) is 28.4 Å². The fourth-order valence-electron chi connectivity index (χ4n) is 4.90. The van der Waals surface area contributed by atoms with Crippen molar-refractivity contribution in [3.05, 3.63) is 102 Å². The summed E-state index contributed by atoms with van der Waals surface area (Å²) >= 11 is 0.176. The van der Waals surface area contributed by atoms with Crippen LogP contribution in [0.4, 0.5) is 3.89 Å². The highest BCUT2D eigenvalue weighted by Crippen LogP contribution is 2.28. The standard InChI is InChI=1S/C14H12FN3S.C12H14.C8H17N/c1-9-5-3-4-6-11(9)12-7-10(2)18-14(17-12)13(19-15)8-16-18;1-4-11(5-2)12-9-7-6-8-10(12)3;1-3-8-4-6-9(2)7-5-8/h3-8H,1-2H3;4-9H,1H2,2-3H3;8H,3-7H2,1-2H3/b;11-5-;. The van der Waals surface area contributed by atoms with Gasteiger partial charge in [-0.15, -0.1) is 0 Å². The monoisotopic (exact) mass is 558 g/mol. The number of halogens is 1. The van der Waals surface area contributed by atoms with Crippen LogP contribution in [0.3, 0.4) is 0 Å². The lowest BCUT2D eigenvalue weighted by atomic mass is 9.95. The molecule has 0 amide bonds. The summed E-state index contributed by atoms with van der Waals surface area (Å²) in [5, 5.41) is 4.14. The molecule has 4 nitrogen and oxygen atoms in total. The van der Waals surface area contributed by atoms with E-state index in [9.17, 15) is 3.89 Å². The molecule has 4 aromatic rings. The van der Waals surface area contributed by atoms with Gasteiger partial charge in [-0.25, -0.2) is 9.50 Å². The predicted molar refractivity (Wildman–Crippen MR) is 170 cm³/mol. The van der Waals surface area contributed by atoms with Crippen LogP contribution in [0, 0.1) is 26.7 Å². The third-order valence-electron chi connectivity index (χ3n) is 7.52. The first-order valence-corrected chi connectivity index (χ1v) is 14.8. The molecule has 2 aromatic heterocycles. The SMILES string of the molecule is C=C/C(=C/C)c1ccccc1C.CCC1CCN(C)CC1.Cc1ccccc1-c1cc(C)n2ncc(SF)c2n1. The third-order valence-corrected chi connectivity index (χ3v) is 7.98. The van der Waals surface area contributed by atoms with Gasteiger partial charge in [0.2, 0.25) is 0 Å². The van der Waals surface area contributed by atoms with E-state index in [4.69, 9.17) is 0 Å². The number of nitrogens with zero attached hydrogens (tertiary/aromatic N) is 4. The lowest BCUT2D eigenvalue weighted by Crippen LogP contribution is -2.29. The van der Waals surface area contributed by atoms with Crippen LogP contribution in [-0.4, -0.2) is 39.6 Å². The molecule has 1 saturated heterocycles. The van der Waals surface area contributed by atoms with Crippen molar-refractivity contribution in [1.82, 2.24) is 19.5 Å². The number of fused-ring (bicyclic) bond motifs is 1. The zero-order valence-electron chi connectivity index (χ0n) is 24.8. The number of aromatic nitrogens is 3. The number of benzene rings is 2. The number of allylic oxidation sites excluding steroid dienone is 3. The molecule has 0 atom stereocenters. The first-order chi connectivity index (χ1) is 19.3. The third kappa shape index (κ3) is 8.15. The Labute approximate surface area is 244 Å². The Kier molecular flexibility index (Phi) is 12.2. The molecule has 3 heterocycles. The lowest BCUT2D eigenvalue weighted by Gasteiger charge is -2.27. The van der Waals surface area contributed by atoms with Gasteiger partial charge in [0, 0.05) is 11.3 Å². The molecule has 1 aliphatic heterocycles. The van der Waals surface area contributed by atoms with Crippen molar-refractivity contribution in [3.63, 3.8) is 0 Å². The van der Waals surface area contributed by atoms with Crippen molar-refractivity contribution >= 4 is 23.4 Å². The molecule has 0 saturated carbocycles. The first-order valence-electron chi connectivity index (χ1n) is 14.1. The van der Waals surface area contributed by atoms with Crippen molar-refractivity contribution in [2.45, 2.75) is 58.8 Å². The van der Waals surface area contributed by atoms with Crippen LogP contribution in [-0.2, 0) is 0 Å². The van der Waals surface area contributed by atoms with Gasteiger partial charge in [0.15, 0.2) is 5.65 Å². The summed E-state index contributed by atoms with van der Waals surface area (Å²) in [6.07, 6.45) is 9.70. The van der Waals surface area contributed by atoms with Crippen LogP contribution >= 0.6 is 12.1 Å². The molecule has 212 valence electrons. The van der Waals surface area contributed by atoms with Crippen LogP contribution in [0.5, 0.6) is 0 Å². The second-order valence-electron chi connectivity index (χ2n) is 10.3. The Morgan fingerprint density at radius 2 is 1.70 bits per heavy atom. The number of hydrogen-bond donors (Lipinski definition) is 0. The van der Waals surface area contributed by atoms with Crippen LogP contribution in [0.1, 0.15) is 55.5 Å². The molecule has 5 rings (SSSR count). The summed E-state index contributed by atoms with van der Waals surface area (Å²) in [7, 11) is 2.21. The maximum atomic E-state index is 12.9. The summed E-state index contributed by atoms with van der Waals surface area (Å²) in [5.74, 6) is 1.03. The smallest absolute Gasteiger partial charge is 0.172 e. The highest BCUT2D eigenvalue weighted by Gasteiger charge is 2.14. The summed E-state index contributed by atoms with van der Waals surface area (Å²) < 4.78 is 14.5. The molecule has 0 spiro atoms. The van der Waals surface area contributed by atoms with Crippen molar-refractivity contribution in [2.24, 2.45) is 5.92 Å². The predicted octanol–water partition coefficient (Wildman–Crippen LogP) is 9.31. The molecule has 1 fully saturated rings. The van der Waals surface area contributed by atoms with E-state index >= 15 is 0 Å². The number of piperidine rings is 1. The molecule has 2 aromatic carbocycles. The average Bonchev–Trinajstić information content (AvgIpc) is 3.40.